The van der Waals surface area contributed by atoms with Crippen molar-refractivity contribution in [2.24, 2.45) is 0 Å². The van der Waals surface area contributed by atoms with Gasteiger partial charge in [0.1, 0.15) is 11.5 Å². The maximum Gasteiger partial charge on any atom is 0.432 e. The van der Waals surface area contributed by atoms with Crippen LogP contribution in [0, 0.1) is 0 Å². The molecular formula is C9H12F3N3O2S. The number of hydrogen-bond acceptors (Lipinski definition) is 3. The molecule has 1 fully saturated rings. The minimum Gasteiger partial charge on any atom is -0.337 e. The molecule has 5 nitrogen and oxygen atoms in total. The molecule has 102 valence electrons. The first-order chi connectivity index (χ1) is 8.14. The number of alkyl halides is 3. The smallest absolute Gasteiger partial charge is 0.337 e. The molecule has 18 heavy (non-hydrogen) atoms. The number of aromatic amines is 1. The van der Waals surface area contributed by atoms with Crippen LogP contribution in [-0.4, -0.2) is 23.1 Å². The highest BCUT2D eigenvalue weighted by molar-refractivity contribution is 7.91. The second-order valence-corrected chi connectivity index (χ2v) is 6.80. The summed E-state index contributed by atoms with van der Waals surface area (Å²) in [6.07, 6.45) is -2.74. The molecule has 1 saturated carbocycles. The first kappa shape index (κ1) is 13.3. The zero-order valence-electron chi connectivity index (χ0n) is 9.50. The zero-order valence-corrected chi connectivity index (χ0v) is 10.3. The fraction of sp³-hybridized carbons (Fsp3) is 0.667. The monoisotopic (exact) mass is 283 g/mol. The van der Waals surface area contributed by atoms with Crippen molar-refractivity contribution in [2.75, 3.05) is 0 Å². The topological polar surface area (TPSA) is 74.8 Å². The van der Waals surface area contributed by atoms with Gasteiger partial charge in [0.25, 0.3) is 0 Å². The summed E-state index contributed by atoms with van der Waals surface area (Å²) < 4.78 is 61.7. The number of rotatable bonds is 4. The number of H-pyrrole nitrogens is 1. The summed E-state index contributed by atoms with van der Waals surface area (Å²) in [5.41, 5.74) is -0.991. The molecule has 1 aromatic rings. The minimum absolute atomic E-state index is 0.0600. The summed E-state index contributed by atoms with van der Waals surface area (Å²) in [4.78, 5) is 5.52. The van der Waals surface area contributed by atoms with E-state index < -0.39 is 26.6 Å². The van der Waals surface area contributed by atoms with E-state index in [9.17, 15) is 21.6 Å². The maximum atomic E-state index is 12.3. The Balaban J connectivity index is 2.01. The van der Waals surface area contributed by atoms with Gasteiger partial charge < -0.3 is 4.98 Å². The Morgan fingerprint density at radius 2 is 2.11 bits per heavy atom. The third kappa shape index (κ3) is 2.51. The zero-order chi connectivity index (χ0) is 13.6. The molecule has 1 aromatic heterocycles. The Labute approximate surface area is 102 Å². The van der Waals surface area contributed by atoms with Crippen LogP contribution < -0.4 is 4.72 Å². The van der Waals surface area contributed by atoms with Crippen molar-refractivity contribution >= 4 is 10.0 Å². The van der Waals surface area contributed by atoms with Crippen LogP contribution in [0.1, 0.15) is 31.3 Å². The van der Waals surface area contributed by atoms with Crippen LogP contribution >= 0.6 is 0 Å². The molecule has 0 aliphatic heterocycles. The standard InChI is InChI=1S/C9H12F3N3O2S/c1-8(2-3-8)18(16,17)14-5-7-13-4-6(15-7)9(10,11)12/h4,14H,2-3,5H2,1H3,(H,13,15). The highest BCUT2D eigenvalue weighted by Gasteiger charge is 2.49. The highest BCUT2D eigenvalue weighted by atomic mass is 32.2. The number of sulfonamides is 1. The van der Waals surface area contributed by atoms with Gasteiger partial charge in [-0.2, -0.15) is 13.2 Å². The van der Waals surface area contributed by atoms with E-state index in [1.807, 2.05) is 4.98 Å². The number of imidazole rings is 1. The molecule has 0 spiro atoms. The molecular weight excluding hydrogens is 271 g/mol. The van der Waals surface area contributed by atoms with Gasteiger partial charge in [0.2, 0.25) is 10.0 Å². The summed E-state index contributed by atoms with van der Waals surface area (Å²) in [5.74, 6) is -0.0600. The van der Waals surface area contributed by atoms with E-state index in [0.29, 0.717) is 19.0 Å². The van der Waals surface area contributed by atoms with Crippen molar-refractivity contribution in [3.05, 3.63) is 17.7 Å². The van der Waals surface area contributed by atoms with Crippen molar-refractivity contribution in [2.45, 2.75) is 37.2 Å². The molecule has 0 aromatic carbocycles. The van der Waals surface area contributed by atoms with Crippen LogP contribution in [0.5, 0.6) is 0 Å². The first-order valence-corrected chi connectivity index (χ1v) is 6.73. The van der Waals surface area contributed by atoms with Gasteiger partial charge in [-0.3, -0.25) is 0 Å². The first-order valence-electron chi connectivity index (χ1n) is 5.24. The lowest BCUT2D eigenvalue weighted by Gasteiger charge is -2.10. The normalized spacial score (nSPS) is 18.9. The molecule has 0 unspecified atom stereocenters. The van der Waals surface area contributed by atoms with Crippen LogP contribution in [0.2, 0.25) is 0 Å². The van der Waals surface area contributed by atoms with E-state index in [4.69, 9.17) is 0 Å². The summed E-state index contributed by atoms with van der Waals surface area (Å²) in [5, 5.41) is 0. The summed E-state index contributed by atoms with van der Waals surface area (Å²) in [6, 6.07) is 0. The molecule has 0 saturated heterocycles. The third-order valence-corrected chi connectivity index (χ3v) is 5.20. The van der Waals surface area contributed by atoms with Gasteiger partial charge >= 0.3 is 6.18 Å². The molecule has 0 radical (unpaired) electrons. The van der Waals surface area contributed by atoms with Crippen LogP contribution in [-0.2, 0) is 22.7 Å². The summed E-state index contributed by atoms with van der Waals surface area (Å²) >= 11 is 0. The Morgan fingerprint density at radius 3 is 2.56 bits per heavy atom. The average Bonchev–Trinajstić information content (AvgIpc) is 2.81. The van der Waals surface area contributed by atoms with Gasteiger partial charge in [0.15, 0.2) is 0 Å². The number of aromatic nitrogens is 2. The second kappa shape index (κ2) is 3.95. The summed E-state index contributed by atoms with van der Waals surface area (Å²) in [6.45, 7) is 1.33. The number of nitrogens with one attached hydrogen (secondary N) is 2. The SMILES string of the molecule is CC1(S(=O)(=O)NCc2ncc(C(F)(F)F)[nH]2)CC1. The number of nitrogens with zero attached hydrogens (tertiary/aromatic N) is 1. The van der Waals surface area contributed by atoms with E-state index in [1.54, 1.807) is 6.92 Å². The quantitative estimate of drug-likeness (QED) is 0.877. The van der Waals surface area contributed by atoms with E-state index >= 15 is 0 Å². The molecule has 1 heterocycles. The van der Waals surface area contributed by atoms with E-state index in [-0.39, 0.29) is 12.4 Å². The van der Waals surface area contributed by atoms with E-state index in [2.05, 4.69) is 9.71 Å². The van der Waals surface area contributed by atoms with E-state index in [0.717, 1.165) is 0 Å². The lowest BCUT2D eigenvalue weighted by atomic mass is 10.5. The van der Waals surface area contributed by atoms with Gasteiger partial charge in [-0.15, -0.1) is 0 Å². The van der Waals surface area contributed by atoms with Crippen LogP contribution in [0.3, 0.4) is 0 Å². The average molecular weight is 283 g/mol. The highest BCUT2D eigenvalue weighted by Crippen LogP contribution is 2.42. The Hall–Kier alpha value is -1.09. The Kier molecular flexibility index (Phi) is 2.93. The summed E-state index contributed by atoms with van der Waals surface area (Å²) in [7, 11) is -3.50. The molecule has 2 rings (SSSR count). The van der Waals surface area contributed by atoms with E-state index in [1.165, 1.54) is 0 Å². The molecule has 1 aliphatic carbocycles. The van der Waals surface area contributed by atoms with Gasteiger partial charge in [-0.05, 0) is 19.8 Å². The molecule has 0 atom stereocenters. The fourth-order valence-electron chi connectivity index (χ4n) is 1.38. The molecule has 1 aliphatic rings. The fourth-order valence-corrected chi connectivity index (χ4v) is 2.69. The van der Waals surface area contributed by atoms with Crippen molar-refractivity contribution in [3.63, 3.8) is 0 Å². The second-order valence-electron chi connectivity index (χ2n) is 4.52. The number of hydrogen-bond donors (Lipinski definition) is 2. The van der Waals surface area contributed by atoms with Crippen molar-refractivity contribution in [1.82, 2.24) is 14.7 Å². The third-order valence-electron chi connectivity index (χ3n) is 2.97. The Morgan fingerprint density at radius 1 is 1.50 bits per heavy atom. The lowest BCUT2D eigenvalue weighted by Crippen LogP contribution is -2.33. The Bertz CT molecular complexity index is 546. The molecule has 0 bridgehead atoms. The predicted octanol–water partition coefficient (Wildman–Crippen LogP) is 1.40. The van der Waals surface area contributed by atoms with Crippen molar-refractivity contribution < 1.29 is 21.6 Å². The van der Waals surface area contributed by atoms with Gasteiger partial charge in [-0.1, -0.05) is 0 Å². The van der Waals surface area contributed by atoms with Gasteiger partial charge in [-0.25, -0.2) is 18.1 Å². The largest absolute Gasteiger partial charge is 0.432 e. The molecule has 9 heteroatoms. The van der Waals surface area contributed by atoms with Crippen LogP contribution in [0.25, 0.3) is 0 Å². The van der Waals surface area contributed by atoms with Crippen LogP contribution in [0.15, 0.2) is 6.20 Å². The van der Waals surface area contributed by atoms with Crippen molar-refractivity contribution in [1.29, 1.82) is 0 Å². The van der Waals surface area contributed by atoms with Gasteiger partial charge in [0.05, 0.1) is 17.5 Å². The maximum absolute atomic E-state index is 12.3. The lowest BCUT2D eigenvalue weighted by molar-refractivity contribution is -0.140. The minimum atomic E-state index is -4.51. The van der Waals surface area contributed by atoms with Gasteiger partial charge in [0, 0.05) is 0 Å². The molecule has 0 amide bonds. The molecule has 2 N–H and O–H groups in total. The van der Waals surface area contributed by atoms with Crippen LogP contribution in [0.4, 0.5) is 13.2 Å². The number of halogens is 3. The van der Waals surface area contributed by atoms with Crippen molar-refractivity contribution in [3.8, 4) is 0 Å². The predicted molar refractivity (Wildman–Crippen MR) is 57.0 cm³/mol.